The molecule has 220 valence electrons. The van der Waals surface area contributed by atoms with Crippen molar-refractivity contribution in [3.8, 4) is 0 Å². The van der Waals surface area contributed by atoms with Gasteiger partial charge in [-0.3, -0.25) is 0 Å². The van der Waals surface area contributed by atoms with Crippen molar-refractivity contribution in [1.82, 2.24) is 0 Å². The minimum Gasteiger partial charge on any atom is -0.506 e. The first kappa shape index (κ1) is 35.0. The molecule has 2 nitrogen and oxygen atoms in total. The van der Waals surface area contributed by atoms with E-state index < -0.39 is 94.3 Å². The predicted molar refractivity (Wildman–Crippen MR) is 80.6 cm³/mol. The van der Waals surface area contributed by atoms with Crippen LogP contribution in [0.1, 0.15) is 0 Å². The van der Waals surface area contributed by atoms with E-state index in [-0.39, 0.29) is 0 Å². The summed E-state index contributed by atoms with van der Waals surface area (Å²) in [6.45, 7) is 0. The topological polar surface area (TPSA) is 40.5 Å². The highest BCUT2D eigenvalue weighted by atomic mass is 32.2. The molecule has 0 spiro atoms. The van der Waals surface area contributed by atoms with Crippen LogP contribution in [0.5, 0.6) is 0 Å². The SMILES string of the molecule is OC(=CSC=C(O)C(F)(F)C(F)(F)C(F)(F)C(F)(F)C(F)F)C(F)(F)C(F)(F)C(F)(F)C(F)(F)C(F)F. The zero-order valence-corrected chi connectivity index (χ0v) is 17.0. The zero-order valence-electron chi connectivity index (χ0n) is 16.2. The third-order valence-corrected chi connectivity index (χ3v) is 4.68. The van der Waals surface area contributed by atoms with Gasteiger partial charge in [-0.25, -0.2) is 17.6 Å². The molecule has 0 aromatic carbocycles. The van der Waals surface area contributed by atoms with Crippen molar-refractivity contribution >= 4 is 11.8 Å². The van der Waals surface area contributed by atoms with Crippen molar-refractivity contribution in [3.63, 3.8) is 0 Å². The average Bonchev–Trinajstić information content (AvgIpc) is 2.71. The molecule has 23 heteroatoms. The first-order chi connectivity index (χ1) is 15.9. The Hall–Kier alpha value is -1.97. The lowest BCUT2D eigenvalue weighted by molar-refractivity contribution is -0.379. The van der Waals surface area contributed by atoms with E-state index in [2.05, 4.69) is 0 Å². The predicted octanol–water partition coefficient (Wildman–Crippen LogP) is 8.13. The monoisotopic (exact) mass is 618 g/mol. The molecule has 0 aromatic heterocycles. The molecular formula is C14H6F20O2S. The summed E-state index contributed by atoms with van der Waals surface area (Å²) >= 11 is -1.41. The lowest BCUT2D eigenvalue weighted by atomic mass is 9.98. The van der Waals surface area contributed by atoms with Crippen molar-refractivity contribution in [2.75, 3.05) is 0 Å². The number of hydrogen-bond donors (Lipinski definition) is 2. The van der Waals surface area contributed by atoms with Gasteiger partial charge >= 0.3 is 60.2 Å². The molecule has 0 saturated heterocycles. The molecule has 0 aliphatic rings. The van der Waals surface area contributed by atoms with Crippen LogP contribution in [0.2, 0.25) is 0 Å². The Balaban J connectivity index is 6.26. The molecule has 0 heterocycles. The molecule has 37 heavy (non-hydrogen) atoms. The van der Waals surface area contributed by atoms with Gasteiger partial charge in [-0.15, -0.1) is 0 Å². The van der Waals surface area contributed by atoms with Crippen LogP contribution in [0.4, 0.5) is 87.8 Å². The number of aliphatic hydroxyl groups is 2. The van der Waals surface area contributed by atoms with E-state index >= 15 is 0 Å². The Kier molecular flexibility index (Phi) is 9.44. The third-order valence-electron chi connectivity index (χ3n) is 3.97. The van der Waals surface area contributed by atoms with Gasteiger partial charge in [0.05, 0.1) is 0 Å². The molecule has 0 rings (SSSR count). The summed E-state index contributed by atoms with van der Waals surface area (Å²) in [5.41, 5.74) is 0. The van der Waals surface area contributed by atoms with Gasteiger partial charge in [-0.2, -0.15) is 70.2 Å². The molecule has 0 saturated carbocycles. The fourth-order valence-electron chi connectivity index (χ4n) is 1.72. The molecule has 2 N–H and O–H groups in total. The van der Waals surface area contributed by atoms with Crippen LogP contribution in [0.3, 0.4) is 0 Å². The number of alkyl halides is 20. The normalized spacial score (nSPS) is 16.7. The van der Waals surface area contributed by atoms with Crippen LogP contribution in [0, 0.1) is 0 Å². The van der Waals surface area contributed by atoms with Crippen LogP contribution >= 0.6 is 11.8 Å². The van der Waals surface area contributed by atoms with Crippen LogP contribution in [-0.2, 0) is 0 Å². The minimum absolute atomic E-state index is 1.21. The minimum atomic E-state index is -7.65. The number of rotatable bonds is 12. The van der Waals surface area contributed by atoms with Crippen molar-refractivity contribution in [2.45, 2.75) is 60.2 Å². The lowest BCUT2D eigenvalue weighted by Gasteiger charge is -2.36. The molecular weight excluding hydrogens is 612 g/mol. The standard InChI is InChI=1S/C14H6F20O2S/c15-5(16)9(23,24)13(31,32)11(27,28)7(19,20)3(35)1-37-2-4(36)8(21,22)12(29,30)14(33,34)10(25,26)6(17)18/h1-2,5-6,35-36H. The van der Waals surface area contributed by atoms with Crippen LogP contribution in [0.15, 0.2) is 22.3 Å². The smallest absolute Gasteiger partial charge is 0.386 e. The first-order valence-corrected chi connectivity index (χ1v) is 8.91. The van der Waals surface area contributed by atoms with E-state index in [1.165, 1.54) is 0 Å². The Bertz CT molecular complexity index is 806. The van der Waals surface area contributed by atoms with Gasteiger partial charge in [0.1, 0.15) is 0 Å². The molecule has 0 aliphatic heterocycles. The number of halogens is 20. The summed E-state index contributed by atoms with van der Waals surface area (Å²) in [6.07, 6.45) is -11.4. The largest absolute Gasteiger partial charge is 0.506 e. The average molecular weight is 618 g/mol. The summed E-state index contributed by atoms with van der Waals surface area (Å²) in [6, 6.07) is 0. The molecule has 0 aliphatic carbocycles. The second-order valence-corrected chi connectivity index (χ2v) is 7.18. The van der Waals surface area contributed by atoms with E-state index in [0.717, 1.165) is 0 Å². The van der Waals surface area contributed by atoms with Crippen molar-refractivity contribution in [2.24, 2.45) is 0 Å². The van der Waals surface area contributed by atoms with Crippen molar-refractivity contribution < 1.29 is 98.0 Å². The number of allylic oxidation sites excluding steroid dienone is 2. The molecule has 0 aromatic rings. The van der Waals surface area contributed by atoms with Gasteiger partial charge in [-0.05, 0) is 0 Å². The fourth-order valence-corrected chi connectivity index (χ4v) is 2.34. The second kappa shape index (κ2) is 9.97. The Morgan fingerprint density at radius 1 is 0.459 bits per heavy atom. The van der Waals surface area contributed by atoms with E-state index in [1.807, 2.05) is 0 Å². The maximum absolute atomic E-state index is 13.5. The first-order valence-electron chi connectivity index (χ1n) is 7.97. The Morgan fingerprint density at radius 3 is 0.865 bits per heavy atom. The van der Waals surface area contributed by atoms with Crippen molar-refractivity contribution in [3.05, 3.63) is 22.3 Å². The third kappa shape index (κ3) is 5.19. The number of thioether (sulfide) groups is 1. The maximum atomic E-state index is 13.5. The van der Waals surface area contributed by atoms with Gasteiger partial charge in [0.15, 0.2) is 11.5 Å². The highest BCUT2D eigenvalue weighted by Gasteiger charge is 2.85. The molecule has 0 unspecified atom stereocenters. The van der Waals surface area contributed by atoms with Gasteiger partial charge < -0.3 is 10.2 Å². The van der Waals surface area contributed by atoms with Gasteiger partial charge in [0.2, 0.25) is 0 Å². The highest BCUT2D eigenvalue weighted by Crippen LogP contribution is 2.57. The van der Waals surface area contributed by atoms with Gasteiger partial charge in [-0.1, -0.05) is 11.8 Å². The number of hydrogen-bond acceptors (Lipinski definition) is 3. The van der Waals surface area contributed by atoms with Crippen LogP contribution < -0.4 is 0 Å². The second-order valence-electron chi connectivity index (χ2n) is 6.44. The van der Waals surface area contributed by atoms with E-state index in [1.54, 1.807) is 0 Å². The summed E-state index contributed by atoms with van der Waals surface area (Å²) in [7, 11) is 0. The molecule has 0 atom stereocenters. The Morgan fingerprint density at radius 2 is 0.676 bits per heavy atom. The van der Waals surface area contributed by atoms with E-state index in [9.17, 15) is 87.8 Å². The van der Waals surface area contributed by atoms with Crippen LogP contribution in [-0.4, -0.2) is 70.4 Å². The molecule has 0 fully saturated rings. The Labute approximate surface area is 193 Å². The van der Waals surface area contributed by atoms with E-state index in [0.29, 0.717) is 0 Å². The lowest BCUT2D eigenvalue weighted by Crippen LogP contribution is -2.64. The summed E-state index contributed by atoms with van der Waals surface area (Å²) in [5.74, 6) is -66.1. The molecule has 0 amide bonds. The van der Waals surface area contributed by atoms with Crippen molar-refractivity contribution in [1.29, 1.82) is 0 Å². The summed E-state index contributed by atoms with van der Waals surface area (Å²) in [4.78, 5) is 0. The molecule has 0 bridgehead atoms. The highest BCUT2D eigenvalue weighted by molar-refractivity contribution is 8.04. The summed E-state index contributed by atoms with van der Waals surface area (Å²) in [5, 5.41) is 15.1. The zero-order chi connectivity index (χ0) is 30.4. The van der Waals surface area contributed by atoms with Gasteiger partial charge in [0.25, 0.3) is 0 Å². The van der Waals surface area contributed by atoms with E-state index in [4.69, 9.17) is 10.2 Å². The maximum Gasteiger partial charge on any atom is 0.386 e. The van der Waals surface area contributed by atoms with Crippen LogP contribution in [0.25, 0.3) is 0 Å². The quantitative estimate of drug-likeness (QED) is 0.172. The fraction of sp³-hybridized carbons (Fsp3) is 0.714. The number of aliphatic hydroxyl groups excluding tert-OH is 2. The summed E-state index contributed by atoms with van der Waals surface area (Å²) < 4.78 is 258. The van der Waals surface area contributed by atoms with Gasteiger partial charge in [0, 0.05) is 10.8 Å². The molecule has 0 radical (unpaired) electrons.